The smallest absolute Gasteiger partial charge is 0.264 e. The van der Waals surface area contributed by atoms with Gasteiger partial charge in [0.15, 0.2) is 0 Å². The zero-order valence-corrected chi connectivity index (χ0v) is 27.5. The monoisotopic (exact) mass is 650 g/mol. The van der Waals surface area contributed by atoms with E-state index in [4.69, 9.17) is 0 Å². The van der Waals surface area contributed by atoms with E-state index in [2.05, 4.69) is 49.8 Å². The van der Waals surface area contributed by atoms with E-state index in [0.29, 0.717) is 23.3 Å². The minimum Gasteiger partial charge on any atom is -0.506 e. The predicted molar refractivity (Wildman–Crippen MR) is 185 cm³/mol. The molecule has 2 heterocycles. The topological polar surface area (TPSA) is 103 Å². The van der Waals surface area contributed by atoms with Crippen molar-refractivity contribution in [3.05, 3.63) is 90.3 Å². The van der Waals surface area contributed by atoms with Crippen LogP contribution >= 0.6 is 0 Å². The van der Waals surface area contributed by atoms with Gasteiger partial charge in [-0.3, -0.25) is 14.7 Å². The van der Waals surface area contributed by atoms with Crippen LogP contribution in [0.15, 0.2) is 79.1 Å². The Morgan fingerprint density at radius 1 is 0.851 bits per heavy atom. The highest BCUT2D eigenvalue weighted by Gasteiger charge is 2.52. The minimum absolute atomic E-state index is 0.0760. The lowest BCUT2D eigenvalue weighted by molar-refractivity contribution is -0.0391. The number of hydrogen-bond donors (Lipinski definition) is 2. The van der Waals surface area contributed by atoms with Gasteiger partial charge in [0.25, 0.3) is 5.91 Å². The number of pyridine rings is 1. The SMILES string of the molecule is O=C(NS(=O)(=O)CC12CC3CC(CC(C3)C1)C2)c1ccc(N2CCN(Cc3ccc(-c4cncc(O)c4)c4ccccc34)CC2)cc1. The Morgan fingerprint density at radius 2 is 1.51 bits per heavy atom. The van der Waals surface area contributed by atoms with Crippen LogP contribution in [0.3, 0.4) is 0 Å². The number of piperazine rings is 1. The number of aromatic nitrogens is 1. The lowest BCUT2D eigenvalue weighted by atomic mass is 9.50. The van der Waals surface area contributed by atoms with Gasteiger partial charge in [0.05, 0.1) is 11.9 Å². The number of carbonyl (C=O) groups is 1. The summed E-state index contributed by atoms with van der Waals surface area (Å²) in [4.78, 5) is 22.0. The van der Waals surface area contributed by atoms with Gasteiger partial charge in [-0.1, -0.05) is 36.4 Å². The molecule has 3 aromatic carbocycles. The second-order valence-electron chi connectivity index (χ2n) is 14.7. The first kappa shape index (κ1) is 30.4. The van der Waals surface area contributed by atoms with Crippen LogP contribution in [0.2, 0.25) is 0 Å². The Morgan fingerprint density at radius 3 is 2.17 bits per heavy atom. The number of benzene rings is 3. The largest absolute Gasteiger partial charge is 0.506 e. The van der Waals surface area contributed by atoms with Gasteiger partial charge < -0.3 is 10.0 Å². The van der Waals surface area contributed by atoms with Crippen LogP contribution in [0.25, 0.3) is 21.9 Å². The van der Waals surface area contributed by atoms with Gasteiger partial charge >= 0.3 is 0 Å². The quantitative estimate of drug-likeness (QED) is 0.234. The van der Waals surface area contributed by atoms with Crippen molar-refractivity contribution in [1.82, 2.24) is 14.6 Å². The van der Waals surface area contributed by atoms with Crippen molar-refractivity contribution < 1.29 is 18.3 Å². The van der Waals surface area contributed by atoms with Crippen molar-refractivity contribution in [3.63, 3.8) is 0 Å². The number of nitrogens with one attached hydrogen (secondary N) is 1. The van der Waals surface area contributed by atoms with Crippen molar-refractivity contribution >= 4 is 32.4 Å². The molecule has 2 N–H and O–H groups in total. The molecular weight excluding hydrogens is 609 g/mol. The van der Waals surface area contributed by atoms with Crippen molar-refractivity contribution in [2.75, 3.05) is 36.8 Å². The first-order chi connectivity index (χ1) is 22.7. The van der Waals surface area contributed by atoms with E-state index in [0.717, 1.165) is 74.2 Å². The number of sulfonamides is 1. The number of amides is 1. The molecule has 1 aliphatic heterocycles. The summed E-state index contributed by atoms with van der Waals surface area (Å²) in [7, 11) is -3.71. The lowest BCUT2D eigenvalue weighted by Gasteiger charge is -2.56. The molecule has 47 heavy (non-hydrogen) atoms. The number of fused-ring (bicyclic) bond motifs is 1. The zero-order valence-electron chi connectivity index (χ0n) is 26.6. The average Bonchev–Trinajstić information content (AvgIpc) is 3.04. The molecular formula is C38H42N4O4S. The van der Waals surface area contributed by atoms with E-state index in [-0.39, 0.29) is 16.9 Å². The fourth-order valence-corrected chi connectivity index (χ4v) is 11.3. The standard InChI is InChI=1S/C38H42N4O4S/c43-33-18-31(22-39-23-33)35-10-7-30(34-3-1-2-4-36(34)35)24-41-11-13-42(14-12-41)32-8-5-29(6-9-32)37(44)40-47(45,46)25-38-19-26-15-27(20-38)17-28(16-26)21-38/h1-10,18,22-23,26-28,43H,11-17,19-21,24-25H2,(H,40,44). The molecule has 9 heteroatoms. The number of anilines is 1. The van der Waals surface area contributed by atoms with Gasteiger partial charge in [0.2, 0.25) is 10.0 Å². The maximum atomic E-state index is 13.2. The van der Waals surface area contributed by atoms with Gasteiger partial charge in [-0.15, -0.1) is 0 Å². The highest BCUT2D eigenvalue weighted by Crippen LogP contribution is 2.60. The third-order valence-corrected chi connectivity index (χ3v) is 12.7. The Kier molecular flexibility index (Phi) is 7.72. The number of hydrogen-bond acceptors (Lipinski definition) is 7. The van der Waals surface area contributed by atoms with Crippen LogP contribution in [-0.2, 0) is 16.6 Å². The van der Waals surface area contributed by atoms with Crippen LogP contribution in [0.5, 0.6) is 5.75 Å². The molecule has 8 nitrogen and oxygen atoms in total. The second-order valence-corrected chi connectivity index (χ2v) is 16.4. The van der Waals surface area contributed by atoms with E-state index in [9.17, 15) is 18.3 Å². The summed E-state index contributed by atoms with van der Waals surface area (Å²) >= 11 is 0. The molecule has 5 aliphatic rings. The summed E-state index contributed by atoms with van der Waals surface area (Å²) in [5.41, 5.74) is 4.47. The van der Waals surface area contributed by atoms with E-state index >= 15 is 0 Å². The zero-order chi connectivity index (χ0) is 32.2. The van der Waals surface area contributed by atoms with E-state index < -0.39 is 15.9 Å². The van der Waals surface area contributed by atoms with Gasteiger partial charge in [-0.2, -0.15) is 0 Å². The van der Waals surface area contributed by atoms with Gasteiger partial charge in [0, 0.05) is 55.7 Å². The molecule has 4 aromatic rings. The molecule has 4 aliphatic carbocycles. The molecule has 1 amide bonds. The maximum absolute atomic E-state index is 13.2. The van der Waals surface area contributed by atoms with E-state index in [1.54, 1.807) is 24.4 Å². The highest BCUT2D eigenvalue weighted by molar-refractivity contribution is 7.90. The third-order valence-electron chi connectivity index (χ3n) is 11.2. The fraction of sp³-hybridized carbons (Fsp3) is 0.421. The molecule has 4 bridgehead atoms. The molecule has 9 rings (SSSR count). The summed E-state index contributed by atoms with van der Waals surface area (Å²) in [6.07, 6.45) is 10.0. The van der Waals surface area contributed by atoms with Crippen molar-refractivity contribution in [3.8, 4) is 16.9 Å². The van der Waals surface area contributed by atoms with Crippen LogP contribution in [0.1, 0.15) is 54.4 Å². The number of nitrogens with zero attached hydrogens (tertiary/aromatic N) is 3. The molecule has 0 atom stereocenters. The van der Waals surface area contributed by atoms with Crippen molar-refractivity contribution in [2.24, 2.45) is 23.2 Å². The van der Waals surface area contributed by atoms with E-state index in [1.807, 2.05) is 18.2 Å². The fourth-order valence-electron chi connectivity index (χ4n) is 9.66. The summed E-state index contributed by atoms with van der Waals surface area (Å²) in [5, 5.41) is 12.3. The molecule has 244 valence electrons. The van der Waals surface area contributed by atoms with Crippen molar-refractivity contribution in [1.29, 1.82) is 0 Å². The number of carbonyl (C=O) groups excluding carboxylic acids is 1. The predicted octanol–water partition coefficient (Wildman–Crippen LogP) is 6.21. The van der Waals surface area contributed by atoms with Crippen molar-refractivity contribution in [2.45, 2.75) is 45.1 Å². The molecule has 1 saturated heterocycles. The summed E-state index contributed by atoms with van der Waals surface area (Å²) in [5.74, 6) is 1.70. The van der Waals surface area contributed by atoms with Crippen LogP contribution < -0.4 is 9.62 Å². The average molecular weight is 651 g/mol. The summed E-state index contributed by atoms with van der Waals surface area (Å²) < 4.78 is 28.8. The molecule has 1 aromatic heterocycles. The van der Waals surface area contributed by atoms with Gasteiger partial charge in [-0.25, -0.2) is 13.1 Å². The summed E-state index contributed by atoms with van der Waals surface area (Å²) in [6, 6.07) is 21.8. The normalized spacial score (nSPS) is 25.7. The number of aromatic hydroxyl groups is 1. The highest BCUT2D eigenvalue weighted by atomic mass is 32.2. The Labute approximate surface area is 276 Å². The number of rotatable bonds is 8. The Balaban J connectivity index is 0.879. The van der Waals surface area contributed by atoms with Gasteiger partial charge in [0.1, 0.15) is 5.75 Å². The maximum Gasteiger partial charge on any atom is 0.264 e. The van der Waals surface area contributed by atoms with E-state index in [1.165, 1.54) is 36.4 Å². The molecule has 0 radical (unpaired) electrons. The molecule has 4 saturated carbocycles. The minimum atomic E-state index is -3.71. The third kappa shape index (κ3) is 6.23. The first-order valence-corrected chi connectivity index (χ1v) is 18.6. The second kappa shape index (κ2) is 11.9. The Bertz CT molecular complexity index is 1880. The molecule has 0 unspecified atom stereocenters. The molecule has 0 spiro atoms. The molecule has 5 fully saturated rings. The summed E-state index contributed by atoms with van der Waals surface area (Å²) in [6.45, 7) is 4.35. The lowest BCUT2D eigenvalue weighted by Crippen LogP contribution is -2.51. The first-order valence-electron chi connectivity index (χ1n) is 17.0. The van der Waals surface area contributed by atoms with Crippen LogP contribution in [0, 0.1) is 23.2 Å². The Hall–Kier alpha value is -3.95. The van der Waals surface area contributed by atoms with Crippen LogP contribution in [0.4, 0.5) is 5.69 Å². The van der Waals surface area contributed by atoms with Gasteiger partial charge in [-0.05, 0) is 114 Å². The van der Waals surface area contributed by atoms with Crippen LogP contribution in [-0.4, -0.2) is 61.2 Å².